The van der Waals surface area contributed by atoms with Gasteiger partial charge in [-0.2, -0.15) is 4.98 Å². The van der Waals surface area contributed by atoms with Crippen LogP contribution >= 0.6 is 11.6 Å². The molecule has 0 N–H and O–H groups in total. The Kier molecular flexibility index (Phi) is 3.23. The second kappa shape index (κ2) is 4.49. The molecule has 6 heteroatoms. The van der Waals surface area contributed by atoms with Gasteiger partial charge >= 0.3 is 0 Å². The maximum absolute atomic E-state index is 12.0. The number of hydrogen-bond acceptors (Lipinski definition) is 3. The molecule has 0 atom stereocenters. The number of rotatable bonds is 4. The highest BCUT2D eigenvalue weighted by Gasteiger charge is 2.28. The molecular formula is C10H11ClF2N2O. The number of alkyl halides is 2. The van der Waals surface area contributed by atoms with Gasteiger partial charge in [0.2, 0.25) is 5.88 Å². The van der Waals surface area contributed by atoms with Crippen molar-refractivity contribution in [2.75, 3.05) is 6.61 Å². The van der Waals surface area contributed by atoms with Crippen LogP contribution < -0.4 is 4.74 Å². The molecule has 1 aliphatic rings. The molecule has 0 bridgehead atoms. The van der Waals surface area contributed by atoms with Crippen LogP contribution in [0.3, 0.4) is 0 Å². The minimum Gasteiger partial charge on any atom is -0.471 e. The molecule has 16 heavy (non-hydrogen) atoms. The van der Waals surface area contributed by atoms with Gasteiger partial charge in [-0.1, -0.05) is 11.6 Å². The van der Waals surface area contributed by atoms with Crippen molar-refractivity contribution in [2.24, 2.45) is 0 Å². The summed E-state index contributed by atoms with van der Waals surface area (Å²) in [7, 11) is 0. The summed E-state index contributed by atoms with van der Waals surface area (Å²) < 4.78 is 29.0. The van der Waals surface area contributed by atoms with E-state index in [0.29, 0.717) is 17.3 Å². The standard InChI is InChI=1S/C10H11ClF2N2O/c1-5-8(11)14-9(6-2-3-6)15-10(5)16-4-7(12)13/h6-7H,2-4H2,1H3. The summed E-state index contributed by atoms with van der Waals surface area (Å²) in [5.41, 5.74) is 0.506. The topological polar surface area (TPSA) is 35.0 Å². The van der Waals surface area contributed by atoms with Gasteiger partial charge in [0.15, 0.2) is 6.61 Å². The Hall–Kier alpha value is -0.970. The summed E-state index contributed by atoms with van der Waals surface area (Å²) in [4.78, 5) is 8.23. The molecular weight excluding hydrogens is 238 g/mol. The number of halogens is 3. The van der Waals surface area contributed by atoms with Gasteiger partial charge in [0.1, 0.15) is 11.0 Å². The Morgan fingerprint density at radius 3 is 2.69 bits per heavy atom. The molecule has 0 amide bonds. The second-order valence-corrected chi connectivity index (χ2v) is 4.14. The molecule has 1 fully saturated rings. The van der Waals surface area contributed by atoms with Gasteiger partial charge in [0.05, 0.1) is 0 Å². The number of hydrogen-bond donors (Lipinski definition) is 0. The van der Waals surface area contributed by atoms with Crippen molar-refractivity contribution >= 4 is 11.6 Å². The van der Waals surface area contributed by atoms with Gasteiger partial charge < -0.3 is 4.74 Å². The first-order chi connectivity index (χ1) is 7.58. The highest BCUT2D eigenvalue weighted by atomic mass is 35.5. The Morgan fingerprint density at radius 2 is 2.12 bits per heavy atom. The number of ether oxygens (including phenoxy) is 1. The van der Waals surface area contributed by atoms with Crippen molar-refractivity contribution < 1.29 is 13.5 Å². The van der Waals surface area contributed by atoms with Gasteiger partial charge in [-0.3, -0.25) is 0 Å². The lowest BCUT2D eigenvalue weighted by Crippen LogP contribution is -2.10. The predicted octanol–water partition coefficient (Wildman–Crippen LogP) is 2.96. The van der Waals surface area contributed by atoms with E-state index < -0.39 is 13.0 Å². The molecule has 0 saturated heterocycles. The largest absolute Gasteiger partial charge is 0.471 e. The molecule has 1 aromatic rings. The molecule has 0 radical (unpaired) electrons. The van der Waals surface area contributed by atoms with Gasteiger partial charge in [-0.05, 0) is 19.8 Å². The number of nitrogens with zero attached hydrogens (tertiary/aromatic N) is 2. The van der Waals surface area contributed by atoms with E-state index in [1.807, 2.05) is 0 Å². The van der Waals surface area contributed by atoms with E-state index in [-0.39, 0.29) is 11.0 Å². The third-order valence-electron chi connectivity index (χ3n) is 2.35. The highest BCUT2D eigenvalue weighted by molar-refractivity contribution is 6.30. The summed E-state index contributed by atoms with van der Waals surface area (Å²) in [6.07, 6.45) is -0.473. The lowest BCUT2D eigenvalue weighted by molar-refractivity contribution is 0.0790. The average Bonchev–Trinajstić information content (AvgIpc) is 3.03. The lowest BCUT2D eigenvalue weighted by Gasteiger charge is -2.09. The SMILES string of the molecule is Cc1c(Cl)nc(C2CC2)nc1OCC(F)F. The molecule has 1 saturated carbocycles. The summed E-state index contributed by atoms with van der Waals surface area (Å²) >= 11 is 5.89. The maximum Gasteiger partial charge on any atom is 0.272 e. The van der Waals surface area contributed by atoms with Gasteiger partial charge in [-0.15, -0.1) is 0 Å². The van der Waals surface area contributed by atoms with E-state index >= 15 is 0 Å². The van der Waals surface area contributed by atoms with E-state index in [0.717, 1.165) is 12.8 Å². The molecule has 3 nitrogen and oxygen atoms in total. The first-order valence-electron chi connectivity index (χ1n) is 5.03. The van der Waals surface area contributed by atoms with Crippen LogP contribution in [0.4, 0.5) is 8.78 Å². The zero-order valence-electron chi connectivity index (χ0n) is 8.71. The van der Waals surface area contributed by atoms with E-state index in [4.69, 9.17) is 16.3 Å². The molecule has 0 aliphatic heterocycles. The molecule has 0 unspecified atom stereocenters. The molecule has 88 valence electrons. The summed E-state index contributed by atoms with van der Waals surface area (Å²) in [6, 6.07) is 0. The Labute approximate surface area is 96.8 Å². The molecule has 0 spiro atoms. The fourth-order valence-electron chi connectivity index (χ4n) is 1.29. The molecule has 0 aromatic carbocycles. The first-order valence-corrected chi connectivity index (χ1v) is 5.40. The van der Waals surface area contributed by atoms with Gasteiger partial charge in [0.25, 0.3) is 6.43 Å². The molecule has 1 aliphatic carbocycles. The normalized spacial score (nSPS) is 15.6. The summed E-state index contributed by atoms with van der Waals surface area (Å²) in [5.74, 6) is 1.08. The van der Waals surface area contributed by atoms with Crippen LogP contribution in [-0.4, -0.2) is 23.0 Å². The van der Waals surface area contributed by atoms with Gasteiger partial charge in [0, 0.05) is 11.5 Å². The lowest BCUT2D eigenvalue weighted by atomic mass is 10.3. The van der Waals surface area contributed by atoms with Crippen molar-refractivity contribution in [3.8, 4) is 5.88 Å². The fraction of sp³-hybridized carbons (Fsp3) is 0.600. The van der Waals surface area contributed by atoms with Crippen LogP contribution in [0.2, 0.25) is 5.15 Å². The van der Waals surface area contributed by atoms with E-state index in [2.05, 4.69) is 9.97 Å². The summed E-state index contributed by atoms with van der Waals surface area (Å²) in [5, 5.41) is 0.279. The average molecular weight is 249 g/mol. The zero-order chi connectivity index (χ0) is 11.7. The Balaban J connectivity index is 2.20. The molecule has 2 rings (SSSR count). The molecule has 1 heterocycles. The third-order valence-corrected chi connectivity index (χ3v) is 2.72. The van der Waals surface area contributed by atoms with Crippen LogP contribution in [0, 0.1) is 6.92 Å². The number of aromatic nitrogens is 2. The highest BCUT2D eigenvalue weighted by Crippen LogP contribution is 2.39. The first kappa shape index (κ1) is 11.5. The van der Waals surface area contributed by atoms with E-state index in [9.17, 15) is 8.78 Å². The van der Waals surface area contributed by atoms with Crippen LogP contribution in [0.1, 0.15) is 30.1 Å². The van der Waals surface area contributed by atoms with Crippen molar-refractivity contribution in [2.45, 2.75) is 32.1 Å². The quantitative estimate of drug-likeness (QED) is 0.769. The Morgan fingerprint density at radius 1 is 1.44 bits per heavy atom. The fourth-order valence-corrected chi connectivity index (χ4v) is 1.46. The van der Waals surface area contributed by atoms with Gasteiger partial charge in [-0.25, -0.2) is 13.8 Å². The van der Waals surface area contributed by atoms with Crippen LogP contribution in [-0.2, 0) is 0 Å². The van der Waals surface area contributed by atoms with Crippen LogP contribution in [0.15, 0.2) is 0 Å². The second-order valence-electron chi connectivity index (χ2n) is 3.78. The van der Waals surface area contributed by atoms with Crippen molar-refractivity contribution in [3.63, 3.8) is 0 Å². The Bertz CT molecular complexity index is 397. The maximum atomic E-state index is 12.0. The van der Waals surface area contributed by atoms with Crippen molar-refractivity contribution in [1.29, 1.82) is 0 Å². The smallest absolute Gasteiger partial charge is 0.272 e. The zero-order valence-corrected chi connectivity index (χ0v) is 9.47. The minimum atomic E-state index is -2.52. The third kappa shape index (κ3) is 2.58. The van der Waals surface area contributed by atoms with Crippen molar-refractivity contribution in [3.05, 3.63) is 16.5 Å². The summed E-state index contributed by atoms with van der Waals surface area (Å²) in [6.45, 7) is 0.984. The molecule has 1 aromatic heterocycles. The predicted molar refractivity (Wildman–Crippen MR) is 55.3 cm³/mol. The van der Waals surface area contributed by atoms with E-state index in [1.54, 1.807) is 6.92 Å². The van der Waals surface area contributed by atoms with Crippen molar-refractivity contribution in [1.82, 2.24) is 9.97 Å². The van der Waals surface area contributed by atoms with Crippen LogP contribution in [0.5, 0.6) is 5.88 Å². The monoisotopic (exact) mass is 248 g/mol. The van der Waals surface area contributed by atoms with E-state index in [1.165, 1.54) is 0 Å². The minimum absolute atomic E-state index is 0.169. The van der Waals surface area contributed by atoms with Crippen LogP contribution in [0.25, 0.3) is 0 Å².